The number of benzene rings is 2. The molecule has 166 valence electrons. The Morgan fingerprint density at radius 1 is 0.938 bits per heavy atom. The van der Waals surface area contributed by atoms with Crippen molar-refractivity contribution in [2.24, 2.45) is 0 Å². The largest absolute Gasteiger partial charge is 0.481 e. The fourth-order valence-corrected chi connectivity index (χ4v) is 4.93. The van der Waals surface area contributed by atoms with Crippen LogP contribution in [0.15, 0.2) is 59.5 Å². The third-order valence-corrected chi connectivity index (χ3v) is 6.62. The summed E-state index contributed by atoms with van der Waals surface area (Å²) >= 11 is 0. The van der Waals surface area contributed by atoms with Crippen LogP contribution in [0.1, 0.15) is 5.56 Å². The van der Waals surface area contributed by atoms with Crippen molar-refractivity contribution in [1.29, 1.82) is 0 Å². The van der Waals surface area contributed by atoms with Crippen LogP contribution in [0.2, 0.25) is 0 Å². The number of aromatic nitrogens is 1. The number of carbonyl (C=O) groups excluding carboxylic acids is 1. The van der Waals surface area contributed by atoms with Crippen molar-refractivity contribution in [3.05, 3.63) is 71.8 Å². The van der Waals surface area contributed by atoms with Crippen molar-refractivity contribution in [2.45, 2.75) is 11.4 Å². The first kappa shape index (κ1) is 21.5. The van der Waals surface area contributed by atoms with E-state index in [0.29, 0.717) is 4.31 Å². The van der Waals surface area contributed by atoms with Gasteiger partial charge in [-0.25, -0.2) is 22.0 Å². The number of urea groups is 1. The molecule has 0 saturated heterocycles. The molecule has 0 N–H and O–H groups in total. The molecule has 0 radical (unpaired) electrons. The molecule has 1 aromatic heterocycles. The first-order valence-electron chi connectivity index (χ1n) is 9.26. The van der Waals surface area contributed by atoms with Crippen LogP contribution < -0.4 is 18.7 Å². The Morgan fingerprint density at radius 2 is 1.53 bits per heavy atom. The van der Waals surface area contributed by atoms with Crippen molar-refractivity contribution < 1.29 is 31.5 Å². The predicted octanol–water partition coefficient (Wildman–Crippen LogP) is 3.71. The van der Waals surface area contributed by atoms with Gasteiger partial charge in [-0.05, 0) is 24.3 Å². The van der Waals surface area contributed by atoms with Crippen LogP contribution in [0, 0.1) is 11.6 Å². The van der Waals surface area contributed by atoms with E-state index in [2.05, 4.69) is 4.98 Å². The quantitative estimate of drug-likeness (QED) is 0.576. The molecule has 0 fully saturated rings. The van der Waals surface area contributed by atoms with Crippen LogP contribution in [-0.2, 0) is 16.6 Å². The number of ether oxygens (including phenoxy) is 2. The number of carbonyl (C=O) groups is 1. The molecule has 2 amide bonds. The van der Waals surface area contributed by atoms with Gasteiger partial charge in [0.15, 0.2) is 0 Å². The van der Waals surface area contributed by atoms with Gasteiger partial charge < -0.3 is 9.47 Å². The molecule has 11 heteroatoms. The standard InChI is InChI=1S/C21H17F2N3O5S/c1-30-19-10-13(11-20(24-19)31-2)26-21(27)25(12-14-15(22)6-5-7-16(14)23)17-8-3-4-9-18(17)32(26,28)29/h3-11H,12H2,1-2H3. The molecule has 0 unspecified atom stereocenters. The molecule has 0 saturated carbocycles. The Labute approximate surface area is 182 Å². The van der Waals surface area contributed by atoms with Crippen molar-refractivity contribution >= 4 is 27.4 Å². The molecular weight excluding hydrogens is 444 g/mol. The van der Waals surface area contributed by atoms with Crippen LogP contribution in [0.5, 0.6) is 11.8 Å². The van der Waals surface area contributed by atoms with Gasteiger partial charge in [-0.1, -0.05) is 18.2 Å². The summed E-state index contributed by atoms with van der Waals surface area (Å²) in [6.07, 6.45) is 0. The maximum absolute atomic E-state index is 14.3. The molecule has 0 bridgehead atoms. The zero-order valence-corrected chi connectivity index (χ0v) is 17.8. The summed E-state index contributed by atoms with van der Waals surface area (Å²) in [4.78, 5) is 18.3. The van der Waals surface area contributed by atoms with Crippen molar-refractivity contribution in [3.8, 4) is 11.8 Å². The Bertz CT molecular complexity index is 1270. The molecule has 0 atom stereocenters. The highest BCUT2D eigenvalue weighted by Crippen LogP contribution is 2.39. The molecule has 2 heterocycles. The van der Waals surface area contributed by atoms with Crippen molar-refractivity contribution in [2.75, 3.05) is 23.4 Å². The van der Waals surface area contributed by atoms with Gasteiger partial charge in [0.25, 0.3) is 10.0 Å². The van der Waals surface area contributed by atoms with E-state index in [1.165, 1.54) is 56.7 Å². The third-order valence-electron chi connectivity index (χ3n) is 4.87. The Hall–Kier alpha value is -3.73. The van der Waals surface area contributed by atoms with Crippen LogP contribution in [0.25, 0.3) is 0 Å². The van der Waals surface area contributed by atoms with Crippen LogP contribution in [0.4, 0.5) is 25.0 Å². The topological polar surface area (TPSA) is 89.0 Å². The molecule has 8 nitrogen and oxygen atoms in total. The first-order valence-corrected chi connectivity index (χ1v) is 10.7. The van der Waals surface area contributed by atoms with Crippen molar-refractivity contribution in [3.63, 3.8) is 0 Å². The van der Waals surface area contributed by atoms with Gasteiger partial charge in [0.2, 0.25) is 11.8 Å². The zero-order chi connectivity index (χ0) is 23.0. The zero-order valence-electron chi connectivity index (χ0n) is 17.0. The maximum atomic E-state index is 14.3. The lowest BCUT2D eigenvalue weighted by Crippen LogP contribution is -2.51. The Kier molecular flexibility index (Phi) is 5.43. The van der Waals surface area contributed by atoms with Gasteiger partial charge in [-0.3, -0.25) is 4.90 Å². The maximum Gasteiger partial charge on any atom is 0.343 e. The summed E-state index contributed by atoms with van der Waals surface area (Å²) in [5, 5.41) is 0. The average molecular weight is 461 g/mol. The summed E-state index contributed by atoms with van der Waals surface area (Å²) in [5.74, 6) is -1.70. The molecule has 1 aliphatic heterocycles. The van der Waals surface area contributed by atoms with Gasteiger partial charge >= 0.3 is 6.03 Å². The normalized spacial score (nSPS) is 14.8. The fourth-order valence-electron chi connectivity index (χ4n) is 3.35. The van der Waals surface area contributed by atoms with Gasteiger partial charge in [0.1, 0.15) is 16.5 Å². The summed E-state index contributed by atoms with van der Waals surface area (Å²) in [6, 6.07) is 10.5. The summed E-state index contributed by atoms with van der Waals surface area (Å²) in [5.41, 5.74) is -0.476. The Balaban J connectivity index is 1.91. The highest BCUT2D eigenvalue weighted by Gasteiger charge is 2.43. The van der Waals surface area contributed by atoms with E-state index in [9.17, 15) is 22.0 Å². The molecule has 2 aromatic carbocycles. The number of rotatable bonds is 5. The molecule has 32 heavy (non-hydrogen) atoms. The molecule has 0 aliphatic carbocycles. The summed E-state index contributed by atoms with van der Waals surface area (Å²) < 4.78 is 66.1. The number of anilines is 2. The highest BCUT2D eigenvalue weighted by atomic mass is 32.2. The highest BCUT2D eigenvalue weighted by molar-refractivity contribution is 7.94. The average Bonchev–Trinajstić information content (AvgIpc) is 2.78. The van der Waals surface area contributed by atoms with Gasteiger partial charge in [0, 0.05) is 17.7 Å². The number of hydrogen-bond donors (Lipinski definition) is 0. The second-order valence-corrected chi connectivity index (χ2v) is 8.47. The minimum atomic E-state index is -4.36. The van der Waals surface area contributed by atoms with E-state index in [4.69, 9.17) is 9.47 Å². The first-order chi connectivity index (χ1) is 15.3. The van der Waals surface area contributed by atoms with Crippen LogP contribution in [-0.4, -0.2) is 33.7 Å². The fraction of sp³-hybridized carbons (Fsp3) is 0.143. The smallest absolute Gasteiger partial charge is 0.343 e. The summed E-state index contributed by atoms with van der Waals surface area (Å²) in [6.45, 7) is -0.528. The van der Waals surface area contributed by atoms with E-state index < -0.39 is 34.2 Å². The van der Waals surface area contributed by atoms with Gasteiger partial charge in [-0.2, -0.15) is 9.29 Å². The van der Waals surface area contributed by atoms with E-state index in [1.54, 1.807) is 0 Å². The third kappa shape index (κ3) is 3.50. The van der Waals surface area contributed by atoms with E-state index in [1.807, 2.05) is 0 Å². The SMILES string of the molecule is COc1cc(N2C(=O)N(Cc3c(F)cccc3F)c3ccccc3S2(=O)=O)cc(OC)n1. The molecular formula is C21H17F2N3O5S. The second kappa shape index (κ2) is 8.08. The minimum Gasteiger partial charge on any atom is -0.481 e. The van der Waals surface area contributed by atoms with Gasteiger partial charge in [-0.15, -0.1) is 0 Å². The predicted molar refractivity (Wildman–Crippen MR) is 111 cm³/mol. The van der Waals surface area contributed by atoms with E-state index in [-0.39, 0.29) is 33.6 Å². The van der Waals surface area contributed by atoms with Gasteiger partial charge in [0.05, 0.1) is 32.1 Å². The lowest BCUT2D eigenvalue weighted by molar-refractivity contribution is 0.253. The lowest BCUT2D eigenvalue weighted by atomic mass is 10.1. The number of halogens is 2. The van der Waals surface area contributed by atoms with E-state index >= 15 is 0 Å². The number of fused-ring (bicyclic) bond motifs is 1. The number of hydrogen-bond acceptors (Lipinski definition) is 6. The number of sulfonamides is 1. The second-order valence-electron chi connectivity index (χ2n) is 6.72. The van der Waals surface area contributed by atoms with Crippen LogP contribution in [0.3, 0.4) is 0 Å². The Morgan fingerprint density at radius 3 is 2.12 bits per heavy atom. The molecule has 4 rings (SSSR count). The van der Waals surface area contributed by atoms with Crippen molar-refractivity contribution in [1.82, 2.24) is 4.98 Å². The molecule has 3 aromatic rings. The number of amides is 2. The minimum absolute atomic E-state index is 0.00406. The molecule has 0 spiro atoms. The number of methoxy groups -OCH3 is 2. The molecule has 1 aliphatic rings. The lowest BCUT2D eigenvalue weighted by Gasteiger charge is -2.36. The van der Waals surface area contributed by atoms with E-state index in [0.717, 1.165) is 17.0 Å². The number of pyridine rings is 1. The van der Waals surface area contributed by atoms with Crippen LogP contribution >= 0.6 is 0 Å². The number of para-hydroxylation sites is 1. The number of nitrogens with zero attached hydrogens (tertiary/aromatic N) is 3. The summed E-state index contributed by atoms with van der Waals surface area (Å²) in [7, 11) is -1.72. The monoisotopic (exact) mass is 461 g/mol.